The normalized spacial score (nSPS) is 10.8. The zero-order valence-corrected chi connectivity index (χ0v) is 8.15. The molecule has 4 heteroatoms. The number of nitrogens with zero attached hydrogens (tertiary/aromatic N) is 2. The van der Waals surface area contributed by atoms with Crippen LogP contribution in [0.1, 0.15) is 25.3 Å². The van der Waals surface area contributed by atoms with Crippen LogP contribution in [0.3, 0.4) is 0 Å². The van der Waals surface area contributed by atoms with Gasteiger partial charge in [-0.05, 0) is 12.2 Å². The van der Waals surface area contributed by atoms with Crippen LogP contribution < -0.4 is 0 Å². The zero-order chi connectivity index (χ0) is 9.14. The Kier molecular flexibility index (Phi) is 3.03. The molecular formula is C8H11FN2S. The maximum atomic E-state index is 13.1. The van der Waals surface area contributed by atoms with Crippen molar-refractivity contribution in [2.24, 2.45) is 0 Å². The lowest BCUT2D eigenvalue weighted by Crippen LogP contribution is -1.99. The molecule has 1 aromatic heterocycles. The minimum Gasteiger partial charge on any atom is -0.231 e. The van der Waals surface area contributed by atoms with Gasteiger partial charge in [0.15, 0.2) is 5.16 Å². The van der Waals surface area contributed by atoms with Crippen molar-refractivity contribution in [2.45, 2.75) is 24.9 Å². The Bertz CT molecular complexity index is 276. The molecule has 0 amide bonds. The van der Waals surface area contributed by atoms with E-state index in [4.69, 9.17) is 0 Å². The Morgan fingerprint density at radius 1 is 1.50 bits per heavy atom. The summed E-state index contributed by atoms with van der Waals surface area (Å²) in [5.41, 5.74) is 0.577. The van der Waals surface area contributed by atoms with E-state index in [9.17, 15) is 4.39 Å². The fourth-order valence-corrected chi connectivity index (χ4v) is 1.17. The molecule has 0 spiro atoms. The number of hydrogen-bond acceptors (Lipinski definition) is 3. The summed E-state index contributed by atoms with van der Waals surface area (Å²) in [4.78, 5) is 7.69. The smallest absolute Gasteiger partial charge is 0.220 e. The van der Waals surface area contributed by atoms with Gasteiger partial charge in [0.05, 0.1) is 0 Å². The highest BCUT2D eigenvalue weighted by Gasteiger charge is 2.08. The second-order valence-electron chi connectivity index (χ2n) is 2.76. The van der Waals surface area contributed by atoms with Crippen molar-refractivity contribution in [3.05, 3.63) is 17.7 Å². The molecule has 0 radical (unpaired) electrons. The van der Waals surface area contributed by atoms with Crippen LogP contribution in [0.4, 0.5) is 4.39 Å². The van der Waals surface area contributed by atoms with Gasteiger partial charge in [0.1, 0.15) is 0 Å². The van der Waals surface area contributed by atoms with Gasteiger partial charge >= 0.3 is 0 Å². The van der Waals surface area contributed by atoms with Crippen molar-refractivity contribution < 1.29 is 4.39 Å². The lowest BCUT2D eigenvalue weighted by Gasteiger charge is -2.05. The van der Waals surface area contributed by atoms with Crippen molar-refractivity contribution in [3.8, 4) is 0 Å². The van der Waals surface area contributed by atoms with Crippen LogP contribution in [-0.2, 0) is 0 Å². The van der Waals surface area contributed by atoms with E-state index in [0.29, 0.717) is 10.7 Å². The van der Waals surface area contributed by atoms with Gasteiger partial charge in [0.25, 0.3) is 0 Å². The van der Waals surface area contributed by atoms with E-state index in [-0.39, 0.29) is 5.92 Å². The molecule has 0 aliphatic rings. The van der Waals surface area contributed by atoms with Crippen molar-refractivity contribution in [2.75, 3.05) is 6.26 Å². The molecule has 0 bridgehead atoms. The Hall–Kier alpha value is -0.640. The predicted molar refractivity (Wildman–Crippen MR) is 47.9 cm³/mol. The first-order valence-electron chi connectivity index (χ1n) is 3.71. The summed E-state index contributed by atoms with van der Waals surface area (Å²) < 4.78 is 13.1. The third-order valence-electron chi connectivity index (χ3n) is 1.55. The molecule has 0 saturated carbocycles. The van der Waals surface area contributed by atoms with Gasteiger partial charge in [-0.15, -0.1) is 0 Å². The highest BCUT2D eigenvalue weighted by Crippen LogP contribution is 2.17. The summed E-state index contributed by atoms with van der Waals surface area (Å²) in [6.45, 7) is 3.83. The Morgan fingerprint density at radius 2 is 2.17 bits per heavy atom. The molecule has 12 heavy (non-hydrogen) atoms. The summed E-state index contributed by atoms with van der Waals surface area (Å²) in [5, 5.41) is 0.483. The molecule has 0 aliphatic heterocycles. The third-order valence-corrected chi connectivity index (χ3v) is 2.11. The summed E-state index contributed by atoms with van der Waals surface area (Å²) in [6.07, 6.45) is 3.38. The first-order valence-corrected chi connectivity index (χ1v) is 4.94. The molecule has 0 fully saturated rings. The molecule has 1 heterocycles. The van der Waals surface area contributed by atoms with E-state index >= 15 is 0 Å². The second kappa shape index (κ2) is 3.85. The van der Waals surface area contributed by atoms with Crippen LogP contribution in [-0.4, -0.2) is 16.2 Å². The van der Waals surface area contributed by atoms with Gasteiger partial charge in [0.2, 0.25) is 5.95 Å². The van der Waals surface area contributed by atoms with Gasteiger partial charge in [-0.3, -0.25) is 0 Å². The molecule has 1 aromatic rings. The molecule has 0 aliphatic carbocycles. The summed E-state index contributed by atoms with van der Waals surface area (Å²) in [7, 11) is 0. The number of rotatable bonds is 2. The molecule has 0 N–H and O–H groups in total. The number of hydrogen-bond donors (Lipinski definition) is 0. The minimum atomic E-state index is -0.399. The first-order chi connectivity index (χ1) is 5.65. The monoisotopic (exact) mass is 186 g/mol. The number of thioether (sulfide) groups is 1. The molecule has 66 valence electrons. The SMILES string of the molecule is CSc1ncc(C(C)C)c(F)n1. The first kappa shape index (κ1) is 9.45. The van der Waals surface area contributed by atoms with Crippen LogP contribution >= 0.6 is 11.8 Å². The van der Waals surface area contributed by atoms with E-state index in [0.717, 1.165) is 0 Å². The van der Waals surface area contributed by atoms with Crippen LogP contribution in [0.2, 0.25) is 0 Å². The third kappa shape index (κ3) is 1.94. The zero-order valence-electron chi connectivity index (χ0n) is 7.34. The fraction of sp³-hybridized carbons (Fsp3) is 0.500. The maximum absolute atomic E-state index is 13.1. The Morgan fingerprint density at radius 3 is 2.58 bits per heavy atom. The predicted octanol–water partition coefficient (Wildman–Crippen LogP) is 2.46. The second-order valence-corrected chi connectivity index (χ2v) is 3.53. The number of halogens is 1. The lowest BCUT2D eigenvalue weighted by atomic mass is 10.1. The van der Waals surface area contributed by atoms with Gasteiger partial charge in [-0.25, -0.2) is 4.98 Å². The topological polar surface area (TPSA) is 25.8 Å². The summed E-state index contributed by atoms with van der Waals surface area (Å²) >= 11 is 1.34. The van der Waals surface area contributed by atoms with Crippen LogP contribution in [0.15, 0.2) is 11.4 Å². The number of aromatic nitrogens is 2. The average molecular weight is 186 g/mol. The van der Waals surface area contributed by atoms with E-state index in [1.165, 1.54) is 11.8 Å². The highest BCUT2D eigenvalue weighted by molar-refractivity contribution is 7.98. The van der Waals surface area contributed by atoms with E-state index in [2.05, 4.69) is 9.97 Å². The van der Waals surface area contributed by atoms with Crippen LogP contribution in [0, 0.1) is 5.95 Å². The van der Waals surface area contributed by atoms with Gasteiger partial charge in [0, 0.05) is 11.8 Å². The quantitative estimate of drug-likeness (QED) is 0.403. The molecule has 0 saturated heterocycles. The summed E-state index contributed by atoms with van der Waals surface area (Å²) in [6, 6.07) is 0. The minimum absolute atomic E-state index is 0.140. The van der Waals surface area contributed by atoms with E-state index in [1.54, 1.807) is 6.20 Å². The molecule has 1 rings (SSSR count). The van der Waals surface area contributed by atoms with Crippen molar-refractivity contribution in [1.82, 2.24) is 9.97 Å². The Labute approximate surface area is 75.6 Å². The average Bonchev–Trinajstić information content (AvgIpc) is 2.03. The maximum Gasteiger partial charge on any atom is 0.220 e. The summed E-state index contributed by atoms with van der Waals surface area (Å²) in [5.74, 6) is -0.259. The Balaban J connectivity index is 3.03. The molecule has 0 atom stereocenters. The van der Waals surface area contributed by atoms with Gasteiger partial charge < -0.3 is 0 Å². The highest BCUT2D eigenvalue weighted by atomic mass is 32.2. The van der Waals surface area contributed by atoms with E-state index < -0.39 is 5.95 Å². The largest absolute Gasteiger partial charge is 0.231 e. The lowest BCUT2D eigenvalue weighted by molar-refractivity contribution is 0.535. The van der Waals surface area contributed by atoms with Gasteiger partial charge in [-0.1, -0.05) is 25.6 Å². The van der Waals surface area contributed by atoms with Crippen LogP contribution in [0.5, 0.6) is 0 Å². The molecule has 0 aromatic carbocycles. The molecule has 2 nitrogen and oxygen atoms in total. The van der Waals surface area contributed by atoms with Crippen molar-refractivity contribution in [1.29, 1.82) is 0 Å². The fourth-order valence-electron chi connectivity index (χ4n) is 0.841. The van der Waals surface area contributed by atoms with Crippen LogP contribution in [0.25, 0.3) is 0 Å². The van der Waals surface area contributed by atoms with E-state index in [1.807, 2.05) is 20.1 Å². The standard InChI is InChI=1S/C8H11FN2S/c1-5(2)6-4-10-8(12-3)11-7(6)9/h4-5H,1-3H3. The van der Waals surface area contributed by atoms with Gasteiger partial charge in [-0.2, -0.15) is 9.37 Å². The molecular weight excluding hydrogens is 175 g/mol. The molecule has 0 unspecified atom stereocenters. The van der Waals surface area contributed by atoms with Crippen molar-refractivity contribution in [3.63, 3.8) is 0 Å². The van der Waals surface area contributed by atoms with Crippen molar-refractivity contribution >= 4 is 11.8 Å².